The van der Waals surface area contributed by atoms with Gasteiger partial charge in [0.2, 0.25) is 0 Å². The highest BCUT2D eigenvalue weighted by Crippen LogP contribution is 2.34. The summed E-state index contributed by atoms with van der Waals surface area (Å²) in [5, 5.41) is 0. The summed E-state index contributed by atoms with van der Waals surface area (Å²) < 4.78 is 5.13. The second-order valence-electron chi connectivity index (χ2n) is 3.38. The summed E-state index contributed by atoms with van der Waals surface area (Å²) >= 11 is 1.65. The lowest BCUT2D eigenvalue weighted by molar-refractivity contribution is 0.415. The fourth-order valence-electron chi connectivity index (χ4n) is 1.62. The lowest BCUT2D eigenvalue weighted by Gasteiger charge is -2.04. The van der Waals surface area contributed by atoms with Crippen molar-refractivity contribution in [1.29, 1.82) is 0 Å². The highest BCUT2D eigenvalue weighted by atomic mass is 32.2. The smallest absolute Gasteiger partial charge is 0.118 e. The van der Waals surface area contributed by atoms with Gasteiger partial charge in [0.25, 0.3) is 0 Å². The van der Waals surface area contributed by atoms with Crippen LogP contribution in [0.25, 0.3) is 11.3 Å². The quantitative estimate of drug-likeness (QED) is 0.803. The van der Waals surface area contributed by atoms with E-state index in [-0.39, 0.29) is 0 Å². The molecular weight excluding hydrogens is 220 g/mol. The van der Waals surface area contributed by atoms with Gasteiger partial charge in [0.1, 0.15) is 5.75 Å². The summed E-state index contributed by atoms with van der Waals surface area (Å²) in [6, 6.07) is 7.92. The van der Waals surface area contributed by atoms with Gasteiger partial charge in [-0.2, -0.15) is 0 Å². The molecule has 0 radical (unpaired) electrons. The molecule has 3 N–H and O–H groups in total. The van der Waals surface area contributed by atoms with Crippen molar-refractivity contribution in [2.24, 2.45) is 0 Å². The average molecular weight is 234 g/mol. The van der Waals surface area contributed by atoms with Crippen LogP contribution in [0.3, 0.4) is 0 Å². The maximum atomic E-state index is 5.87. The minimum atomic E-state index is 0.790. The van der Waals surface area contributed by atoms with E-state index in [1.807, 2.05) is 36.7 Å². The molecule has 0 spiro atoms. The molecule has 4 heteroatoms. The molecule has 0 bridgehead atoms. The summed E-state index contributed by atoms with van der Waals surface area (Å²) in [6.07, 6.45) is 3.85. The molecular formula is C12H14N2OS. The summed E-state index contributed by atoms with van der Waals surface area (Å²) in [4.78, 5) is 4.28. The van der Waals surface area contributed by atoms with Gasteiger partial charge in [-0.25, -0.2) is 0 Å². The number of ether oxygens (including phenoxy) is 1. The van der Waals surface area contributed by atoms with Crippen molar-refractivity contribution >= 4 is 17.4 Å². The number of hydrogen-bond donors (Lipinski definition) is 2. The SMILES string of the molecule is COc1ccc(-c2[nH]cc(N)c2SC)cc1. The van der Waals surface area contributed by atoms with E-state index in [1.54, 1.807) is 18.9 Å². The Labute approximate surface area is 99.0 Å². The standard InChI is InChI=1S/C12H14N2OS/c1-15-9-5-3-8(4-6-9)11-12(16-2)10(13)7-14-11/h3-7,14H,13H2,1-2H3. The third-order valence-electron chi connectivity index (χ3n) is 2.44. The van der Waals surface area contributed by atoms with Crippen molar-refractivity contribution in [3.05, 3.63) is 30.5 Å². The predicted molar refractivity (Wildman–Crippen MR) is 69.0 cm³/mol. The first-order valence-electron chi connectivity index (χ1n) is 4.91. The number of rotatable bonds is 3. The molecule has 0 unspecified atom stereocenters. The average Bonchev–Trinajstić information content (AvgIpc) is 2.70. The van der Waals surface area contributed by atoms with Gasteiger partial charge in [0.05, 0.1) is 23.4 Å². The van der Waals surface area contributed by atoms with E-state index in [4.69, 9.17) is 10.5 Å². The highest BCUT2D eigenvalue weighted by molar-refractivity contribution is 7.98. The Kier molecular flexibility index (Phi) is 3.10. The Morgan fingerprint density at radius 2 is 1.94 bits per heavy atom. The van der Waals surface area contributed by atoms with E-state index in [9.17, 15) is 0 Å². The van der Waals surface area contributed by atoms with Gasteiger partial charge in [0.15, 0.2) is 0 Å². The number of thioether (sulfide) groups is 1. The lowest BCUT2D eigenvalue weighted by Crippen LogP contribution is -1.85. The maximum absolute atomic E-state index is 5.87. The van der Waals surface area contributed by atoms with Crippen molar-refractivity contribution in [3.8, 4) is 17.0 Å². The Morgan fingerprint density at radius 1 is 1.25 bits per heavy atom. The fourth-order valence-corrected chi connectivity index (χ4v) is 2.29. The van der Waals surface area contributed by atoms with Crippen LogP contribution in [-0.4, -0.2) is 18.3 Å². The number of nitrogen functional groups attached to an aromatic ring is 1. The Balaban J connectivity index is 2.42. The zero-order valence-corrected chi connectivity index (χ0v) is 10.1. The van der Waals surface area contributed by atoms with Crippen LogP contribution in [0, 0.1) is 0 Å². The van der Waals surface area contributed by atoms with Crippen molar-refractivity contribution in [2.75, 3.05) is 19.1 Å². The van der Waals surface area contributed by atoms with Crippen LogP contribution in [-0.2, 0) is 0 Å². The van der Waals surface area contributed by atoms with E-state index in [2.05, 4.69) is 4.98 Å². The van der Waals surface area contributed by atoms with Gasteiger partial charge in [0, 0.05) is 6.20 Å². The molecule has 0 fully saturated rings. The number of benzene rings is 1. The van der Waals surface area contributed by atoms with Crippen molar-refractivity contribution in [2.45, 2.75) is 4.90 Å². The second kappa shape index (κ2) is 4.53. The van der Waals surface area contributed by atoms with Crippen LogP contribution in [0.4, 0.5) is 5.69 Å². The van der Waals surface area contributed by atoms with E-state index in [0.717, 1.165) is 27.6 Å². The van der Waals surface area contributed by atoms with Gasteiger partial charge in [-0.1, -0.05) is 0 Å². The third kappa shape index (κ3) is 1.88. The number of aromatic nitrogens is 1. The van der Waals surface area contributed by atoms with Gasteiger partial charge in [-0.3, -0.25) is 0 Å². The van der Waals surface area contributed by atoms with E-state index in [1.165, 1.54) is 0 Å². The molecule has 1 aromatic heterocycles. The van der Waals surface area contributed by atoms with Crippen LogP contribution in [0.5, 0.6) is 5.75 Å². The highest BCUT2D eigenvalue weighted by Gasteiger charge is 2.09. The van der Waals surface area contributed by atoms with Crippen LogP contribution < -0.4 is 10.5 Å². The minimum absolute atomic E-state index is 0.790. The first-order chi connectivity index (χ1) is 7.76. The fraction of sp³-hybridized carbons (Fsp3) is 0.167. The number of nitrogens with one attached hydrogen (secondary N) is 1. The molecule has 3 nitrogen and oxygen atoms in total. The van der Waals surface area contributed by atoms with Crippen molar-refractivity contribution in [1.82, 2.24) is 4.98 Å². The zero-order chi connectivity index (χ0) is 11.5. The number of anilines is 1. The summed E-state index contributed by atoms with van der Waals surface area (Å²) in [5.41, 5.74) is 8.83. The molecule has 16 heavy (non-hydrogen) atoms. The molecule has 1 aromatic carbocycles. The summed E-state index contributed by atoms with van der Waals surface area (Å²) in [7, 11) is 1.66. The Bertz CT molecular complexity index is 476. The molecule has 0 saturated carbocycles. The van der Waals surface area contributed by atoms with Crippen molar-refractivity contribution in [3.63, 3.8) is 0 Å². The topological polar surface area (TPSA) is 51.0 Å². The number of H-pyrrole nitrogens is 1. The number of methoxy groups -OCH3 is 1. The Morgan fingerprint density at radius 3 is 2.50 bits per heavy atom. The molecule has 0 saturated heterocycles. The third-order valence-corrected chi connectivity index (χ3v) is 3.29. The molecule has 0 aliphatic carbocycles. The summed E-state index contributed by atoms with van der Waals surface area (Å²) in [5.74, 6) is 0.856. The molecule has 0 atom stereocenters. The minimum Gasteiger partial charge on any atom is -0.497 e. The molecule has 0 amide bonds. The first kappa shape index (κ1) is 11.0. The first-order valence-corrected chi connectivity index (χ1v) is 6.14. The zero-order valence-electron chi connectivity index (χ0n) is 9.28. The van der Waals surface area contributed by atoms with Gasteiger partial charge in [-0.15, -0.1) is 11.8 Å². The number of aromatic amines is 1. The van der Waals surface area contributed by atoms with Crippen LogP contribution in [0.2, 0.25) is 0 Å². The summed E-state index contributed by atoms with van der Waals surface area (Å²) in [6.45, 7) is 0. The molecule has 1 heterocycles. The predicted octanol–water partition coefficient (Wildman–Crippen LogP) is 2.99. The van der Waals surface area contributed by atoms with E-state index < -0.39 is 0 Å². The molecule has 0 aliphatic heterocycles. The maximum Gasteiger partial charge on any atom is 0.118 e. The normalized spacial score (nSPS) is 10.4. The number of nitrogens with two attached hydrogens (primary N) is 1. The lowest BCUT2D eigenvalue weighted by atomic mass is 10.1. The second-order valence-corrected chi connectivity index (χ2v) is 4.20. The van der Waals surface area contributed by atoms with E-state index >= 15 is 0 Å². The Hall–Kier alpha value is -1.55. The number of hydrogen-bond acceptors (Lipinski definition) is 3. The van der Waals surface area contributed by atoms with Crippen LogP contribution >= 0.6 is 11.8 Å². The molecule has 2 aromatic rings. The van der Waals surface area contributed by atoms with Gasteiger partial charge >= 0.3 is 0 Å². The van der Waals surface area contributed by atoms with Gasteiger partial charge in [-0.05, 0) is 36.1 Å². The molecule has 2 rings (SSSR count). The molecule has 0 aliphatic rings. The van der Waals surface area contributed by atoms with Gasteiger partial charge < -0.3 is 15.5 Å². The largest absolute Gasteiger partial charge is 0.497 e. The van der Waals surface area contributed by atoms with Crippen LogP contribution in [0.15, 0.2) is 35.4 Å². The molecule has 84 valence electrons. The van der Waals surface area contributed by atoms with E-state index in [0.29, 0.717) is 0 Å². The van der Waals surface area contributed by atoms with Crippen molar-refractivity contribution < 1.29 is 4.74 Å². The monoisotopic (exact) mass is 234 g/mol. The van der Waals surface area contributed by atoms with Crippen LogP contribution in [0.1, 0.15) is 0 Å².